The van der Waals surface area contributed by atoms with Crippen molar-refractivity contribution in [2.75, 3.05) is 0 Å². The fraction of sp³-hybridized carbons (Fsp3) is 0.467. The Morgan fingerprint density at radius 2 is 1.95 bits per heavy atom. The van der Waals surface area contributed by atoms with Crippen molar-refractivity contribution in [3.8, 4) is 0 Å². The summed E-state index contributed by atoms with van der Waals surface area (Å²) in [5.41, 5.74) is 2.36. The van der Waals surface area contributed by atoms with Gasteiger partial charge >= 0.3 is 0 Å². The zero-order valence-corrected chi connectivity index (χ0v) is 13.0. The molecule has 0 unspecified atom stereocenters. The van der Waals surface area contributed by atoms with E-state index in [1.807, 2.05) is 34.7 Å². The van der Waals surface area contributed by atoms with Crippen molar-refractivity contribution in [1.82, 2.24) is 9.29 Å². The van der Waals surface area contributed by atoms with E-state index in [9.17, 15) is 4.21 Å². The smallest absolute Gasteiger partial charge is 0.0975 e. The Bertz CT molecular complexity index is 610. The molecule has 1 N–H and O–H groups in total. The Kier molecular flexibility index (Phi) is 3.83. The normalized spacial score (nSPS) is 15.6. The Balaban J connectivity index is 2.24. The highest BCUT2D eigenvalue weighted by atomic mass is 32.2. The van der Waals surface area contributed by atoms with Crippen molar-refractivity contribution in [3.63, 3.8) is 0 Å². The number of aromatic nitrogens is 1. The standard InChI is InChI=1S/C15H22N2OS/c1-11(16-19(18)15(2,3)4)13-7-6-12-8-9-17(5)14(12)10-13/h6-11,16H,1-5H3/t11-,19+/m1/s1. The maximum atomic E-state index is 12.1. The second kappa shape index (κ2) is 5.10. The summed E-state index contributed by atoms with van der Waals surface area (Å²) in [4.78, 5) is 0. The van der Waals surface area contributed by atoms with Crippen LogP contribution in [0, 0.1) is 0 Å². The van der Waals surface area contributed by atoms with Crippen LogP contribution in [0.3, 0.4) is 0 Å². The molecule has 104 valence electrons. The topological polar surface area (TPSA) is 34.0 Å². The van der Waals surface area contributed by atoms with Gasteiger partial charge in [0.25, 0.3) is 0 Å². The molecule has 0 fully saturated rings. The predicted octanol–water partition coefficient (Wildman–Crippen LogP) is 3.29. The average Bonchev–Trinajstić information content (AvgIpc) is 2.69. The second-order valence-corrected chi connectivity index (χ2v) is 7.96. The van der Waals surface area contributed by atoms with Gasteiger partial charge in [0.2, 0.25) is 0 Å². The van der Waals surface area contributed by atoms with E-state index < -0.39 is 11.0 Å². The van der Waals surface area contributed by atoms with E-state index in [-0.39, 0.29) is 10.8 Å². The lowest BCUT2D eigenvalue weighted by Crippen LogP contribution is -2.34. The van der Waals surface area contributed by atoms with Crippen molar-refractivity contribution < 1.29 is 4.21 Å². The third-order valence-electron chi connectivity index (χ3n) is 3.25. The summed E-state index contributed by atoms with van der Waals surface area (Å²) in [5, 5.41) is 1.23. The van der Waals surface area contributed by atoms with Crippen molar-refractivity contribution in [1.29, 1.82) is 0 Å². The van der Waals surface area contributed by atoms with Gasteiger partial charge in [0.1, 0.15) is 0 Å². The molecular formula is C15H22N2OS. The fourth-order valence-corrected chi connectivity index (χ4v) is 2.76. The van der Waals surface area contributed by atoms with Crippen LogP contribution in [-0.4, -0.2) is 13.5 Å². The van der Waals surface area contributed by atoms with Crippen LogP contribution in [0.5, 0.6) is 0 Å². The van der Waals surface area contributed by atoms with Gasteiger partial charge in [0.05, 0.1) is 15.7 Å². The van der Waals surface area contributed by atoms with Gasteiger partial charge in [-0.1, -0.05) is 12.1 Å². The maximum absolute atomic E-state index is 12.1. The van der Waals surface area contributed by atoms with Crippen molar-refractivity contribution in [2.45, 2.75) is 38.5 Å². The minimum absolute atomic E-state index is 0.0689. The molecule has 2 atom stereocenters. The zero-order valence-electron chi connectivity index (χ0n) is 12.2. The summed E-state index contributed by atoms with van der Waals surface area (Å²) in [5.74, 6) is 0. The summed E-state index contributed by atoms with van der Waals surface area (Å²) in [7, 11) is 0.985. The molecule has 0 saturated carbocycles. The first-order valence-electron chi connectivity index (χ1n) is 6.52. The molecular weight excluding hydrogens is 256 g/mol. The SMILES string of the molecule is C[C@@H](N[S@@](=O)C(C)(C)C)c1ccc2ccn(C)c2c1. The van der Waals surface area contributed by atoms with E-state index in [1.54, 1.807) is 0 Å². The van der Waals surface area contributed by atoms with E-state index in [0.717, 1.165) is 5.56 Å². The number of fused-ring (bicyclic) bond motifs is 1. The Morgan fingerprint density at radius 3 is 2.58 bits per heavy atom. The lowest BCUT2D eigenvalue weighted by molar-refractivity contribution is 0.616. The van der Waals surface area contributed by atoms with Gasteiger partial charge < -0.3 is 4.57 Å². The Hall–Kier alpha value is -1.13. The number of aryl methyl sites for hydroxylation is 1. The molecule has 0 radical (unpaired) electrons. The van der Waals surface area contributed by atoms with Gasteiger partial charge in [0, 0.05) is 24.8 Å². The van der Waals surface area contributed by atoms with Crippen LogP contribution < -0.4 is 4.72 Å². The van der Waals surface area contributed by atoms with Gasteiger partial charge in [0.15, 0.2) is 0 Å². The molecule has 1 aromatic carbocycles. The molecule has 0 saturated heterocycles. The van der Waals surface area contributed by atoms with E-state index in [4.69, 9.17) is 0 Å². The second-order valence-electron chi connectivity index (χ2n) is 5.97. The van der Waals surface area contributed by atoms with Crippen LogP contribution in [0.4, 0.5) is 0 Å². The molecule has 0 bridgehead atoms. The van der Waals surface area contributed by atoms with Crippen LogP contribution in [0.2, 0.25) is 0 Å². The van der Waals surface area contributed by atoms with Gasteiger partial charge in [-0.2, -0.15) is 0 Å². The predicted molar refractivity (Wildman–Crippen MR) is 82.4 cm³/mol. The lowest BCUT2D eigenvalue weighted by atomic mass is 10.1. The van der Waals surface area contributed by atoms with Gasteiger partial charge in [-0.05, 0) is 50.8 Å². The molecule has 3 nitrogen and oxygen atoms in total. The van der Waals surface area contributed by atoms with Crippen LogP contribution in [-0.2, 0) is 18.0 Å². The van der Waals surface area contributed by atoms with E-state index in [2.05, 4.69) is 39.8 Å². The molecule has 0 spiro atoms. The maximum Gasteiger partial charge on any atom is 0.0975 e. The monoisotopic (exact) mass is 278 g/mol. The lowest BCUT2D eigenvalue weighted by Gasteiger charge is -2.22. The van der Waals surface area contributed by atoms with Gasteiger partial charge in [-0.25, -0.2) is 8.93 Å². The number of nitrogens with one attached hydrogen (secondary N) is 1. The Labute approximate surface area is 117 Å². The molecule has 2 rings (SSSR count). The molecule has 0 aliphatic rings. The largest absolute Gasteiger partial charge is 0.351 e. The first-order chi connectivity index (χ1) is 8.79. The number of hydrogen-bond acceptors (Lipinski definition) is 1. The Morgan fingerprint density at radius 1 is 1.26 bits per heavy atom. The van der Waals surface area contributed by atoms with Gasteiger partial charge in [-0.15, -0.1) is 0 Å². The van der Waals surface area contributed by atoms with Crippen LogP contribution in [0.1, 0.15) is 39.3 Å². The summed E-state index contributed by atoms with van der Waals surface area (Å²) in [6.45, 7) is 7.98. The first-order valence-corrected chi connectivity index (χ1v) is 7.67. The fourth-order valence-electron chi connectivity index (χ4n) is 1.95. The molecule has 1 heterocycles. The highest BCUT2D eigenvalue weighted by molar-refractivity contribution is 7.84. The molecule has 0 aliphatic carbocycles. The van der Waals surface area contributed by atoms with Crippen LogP contribution in [0.25, 0.3) is 10.9 Å². The summed E-state index contributed by atoms with van der Waals surface area (Å²) < 4.78 is 17.2. The number of rotatable bonds is 3. The number of hydrogen-bond donors (Lipinski definition) is 1. The number of nitrogens with zero attached hydrogens (tertiary/aromatic N) is 1. The molecule has 4 heteroatoms. The third-order valence-corrected chi connectivity index (χ3v) is 4.93. The van der Waals surface area contributed by atoms with Crippen molar-refractivity contribution >= 4 is 21.9 Å². The molecule has 19 heavy (non-hydrogen) atoms. The number of benzene rings is 1. The van der Waals surface area contributed by atoms with Gasteiger partial charge in [-0.3, -0.25) is 0 Å². The first kappa shape index (κ1) is 14.3. The molecule has 2 aromatic rings. The summed E-state index contributed by atoms with van der Waals surface area (Å²) in [6, 6.07) is 8.54. The van der Waals surface area contributed by atoms with E-state index in [1.165, 1.54) is 10.9 Å². The van der Waals surface area contributed by atoms with E-state index >= 15 is 0 Å². The average molecular weight is 278 g/mol. The minimum Gasteiger partial charge on any atom is -0.351 e. The third kappa shape index (κ3) is 3.07. The molecule has 0 amide bonds. The minimum atomic E-state index is -1.05. The molecule has 1 aromatic heterocycles. The highest BCUT2D eigenvalue weighted by Gasteiger charge is 2.21. The van der Waals surface area contributed by atoms with E-state index in [0.29, 0.717) is 0 Å². The van der Waals surface area contributed by atoms with Crippen LogP contribution >= 0.6 is 0 Å². The summed E-state index contributed by atoms with van der Waals surface area (Å²) >= 11 is 0. The van der Waals surface area contributed by atoms with Crippen molar-refractivity contribution in [3.05, 3.63) is 36.0 Å². The van der Waals surface area contributed by atoms with Crippen molar-refractivity contribution in [2.24, 2.45) is 7.05 Å². The van der Waals surface area contributed by atoms with Crippen LogP contribution in [0.15, 0.2) is 30.5 Å². The zero-order chi connectivity index (χ0) is 14.2. The molecule has 0 aliphatic heterocycles. The summed E-state index contributed by atoms with van der Waals surface area (Å²) in [6.07, 6.45) is 2.06. The quantitative estimate of drug-likeness (QED) is 0.918. The highest BCUT2D eigenvalue weighted by Crippen LogP contribution is 2.22.